The predicted octanol–water partition coefficient (Wildman–Crippen LogP) is 4.13. The van der Waals surface area contributed by atoms with Crippen molar-refractivity contribution in [2.45, 2.75) is 33.6 Å². The Kier molecular flexibility index (Phi) is 3.20. The molecule has 2 aliphatic rings. The number of allylic oxidation sites excluding steroid dienone is 1. The maximum Gasteiger partial charge on any atom is 0.171 e. The van der Waals surface area contributed by atoms with E-state index in [0.717, 1.165) is 18.4 Å². The van der Waals surface area contributed by atoms with Crippen LogP contribution in [-0.2, 0) is 4.79 Å². The van der Waals surface area contributed by atoms with Gasteiger partial charge in [0.05, 0.1) is 26.7 Å². The number of fused-ring (bicyclic) bond motifs is 2. The Hall–Kier alpha value is -1.41. The van der Waals surface area contributed by atoms with Gasteiger partial charge in [0.15, 0.2) is 5.78 Å². The third kappa shape index (κ3) is 1.86. The van der Waals surface area contributed by atoms with Crippen LogP contribution in [0.2, 0.25) is 0 Å². The molecule has 3 rings (SSSR count). The van der Waals surface area contributed by atoms with E-state index in [4.69, 9.17) is 0 Å². The predicted molar refractivity (Wildman–Crippen MR) is 91.0 cm³/mol. The zero-order valence-electron chi connectivity index (χ0n) is 14.7. The molecular weight excluding hydrogens is 270 g/mol. The van der Waals surface area contributed by atoms with E-state index in [1.54, 1.807) is 0 Å². The summed E-state index contributed by atoms with van der Waals surface area (Å²) in [6.45, 7) is 6.75. The highest BCUT2D eigenvalue weighted by Crippen LogP contribution is 2.66. The van der Waals surface area contributed by atoms with Crippen molar-refractivity contribution in [3.8, 4) is 0 Å². The van der Waals surface area contributed by atoms with Crippen LogP contribution in [0, 0.1) is 16.7 Å². The number of carbonyl (C=O) groups excluding carboxylic acids is 1. The van der Waals surface area contributed by atoms with Gasteiger partial charge >= 0.3 is 0 Å². The fourth-order valence-electron chi connectivity index (χ4n) is 4.64. The maximum atomic E-state index is 13.3. The first kappa shape index (κ1) is 15.5. The summed E-state index contributed by atoms with van der Waals surface area (Å²) in [5, 5.41) is 0. The molecule has 22 heavy (non-hydrogen) atoms. The molecule has 0 aromatic heterocycles. The molecule has 2 heteroatoms. The topological polar surface area (TPSA) is 17.1 Å². The first-order chi connectivity index (χ1) is 10.1. The summed E-state index contributed by atoms with van der Waals surface area (Å²) < 4.78 is 0.688. The van der Waals surface area contributed by atoms with Gasteiger partial charge in [0, 0.05) is 11.0 Å². The lowest BCUT2D eigenvalue weighted by Gasteiger charge is -2.31. The summed E-state index contributed by atoms with van der Waals surface area (Å²) in [7, 11) is 6.51. The van der Waals surface area contributed by atoms with E-state index in [2.05, 4.69) is 66.2 Å². The largest absolute Gasteiger partial charge is 0.298 e. The van der Waals surface area contributed by atoms with Gasteiger partial charge in [-0.25, -0.2) is 0 Å². The van der Waals surface area contributed by atoms with Crippen molar-refractivity contribution in [3.05, 3.63) is 41.5 Å². The van der Waals surface area contributed by atoms with Crippen LogP contribution < -0.4 is 0 Å². The van der Waals surface area contributed by atoms with Gasteiger partial charge < -0.3 is 0 Å². The fraction of sp³-hybridized carbons (Fsp3) is 0.550. The van der Waals surface area contributed by atoms with E-state index in [0.29, 0.717) is 16.2 Å². The Morgan fingerprint density at radius 3 is 2.14 bits per heavy atom. The van der Waals surface area contributed by atoms with Crippen LogP contribution >= 0.6 is 0 Å². The van der Waals surface area contributed by atoms with Crippen molar-refractivity contribution in [2.24, 2.45) is 16.7 Å². The van der Waals surface area contributed by atoms with E-state index < -0.39 is 0 Å². The second-order valence-electron chi connectivity index (χ2n) is 8.61. The number of quaternary nitrogens is 1. The standard InChI is InChI=1S/C20H28NO/c1-19(2)15-12-13-20(19,3)18(22)16(15)17(21(4,5)6)14-10-8-7-9-11-14/h7-11,15H,12-13H2,1-6H3/q+1. The van der Waals surface area contributed by atoms with Crippen molar-refractivity contribution in [1.82, 2.24) is 0 Å². The summed E-state index contributed by atoms with van der Waals surface area (Å²) in [5.74, 6) is 0.776. The first-order valence-corrected chi connectivity index (χ1v) is 8.27. The van der Waals surface area contributed by atoms with E-state index in [1.165, 1.54) is 11.3 Å². The second-order valence-corrected chi connectivity index (χ2v) is 8.61. The Balaban J connectivity index is 2.29. The minimum absolute atomic E-state index is 0.0641. The molecular formula is C20H28NO+. The molecule has 118 valence electrons. The Bertz CT molecular complexity index is 648. The molecule has 2 fully saturated rings. The smallest absolute Gasteiger partial charge is 0.171 e. The third-order valence-electron chi connectivity index (χ3n) is 6.29. The van der Waals surface area contributed by atoms with Crippen molar-refractivity contribution in [3.63, 3.8) is 0 Å². The van der Waals surface area contributed by atoms with E-state index >= 15 is 0 Å². The molecule has 2 unspecified atom stereocenters. The molecule has 1 aromatic rings. The lowest BCUT2D eigenvalue weighted by atomic mass is 9.70. The molecule has 0 radical (unpaired) electrons. The number of nitrogens with zero attached hydrogens (tertiary/aromatic N) is 1. The highest BCUT2D eigenvalue weighted by molar-refractivity contribution is 6.09. The van der Waals surface area contributed by atoms with Gasteiger partial charge in [0.25, 0.3) is 0 Å². The number of rotatable bonds is 2. The zero-order valence-corrected chi connectivity index (χ0v) is 14.7. The van der Waals surface area contributed by atoms with Gasteiger partial charge in [-0.1, -0.05) is 39.0 Å². The minimum Gasteiger partial charge on any atom is -0.298 e. The molecule has 2 saturated carbocycles. The molecule has 0 spiro atoms. The number of carbonyl (C=O) groups is 1. The average Bonchev–Trinajstić information content (AvgIpc) is 2.73. The molecule has 2 aliphatic carbocycles. The molecule has 2 nitrogen and oxygen atoms in total. The summed E-state index contributed by atoms with van der Waals surface area (Å²) in [4.78, 5) is 13.3. The summed E-state index contributed by atoms with van der Waals surface area (Å²) in [6.07, 6.45) is 2.17. The summed E-state index contributed by atoms with van der Waals surface area (Å²) >= 11 is 0. The molecule has 0 amide bonds. The molecule has 2 atom stereocenters. The summed E-state index contributed by atoms with van der Waals surface area (Å²) in [5.41, 5.74) is 3.35. The quantitative estimate of drug-likeness (QED) is 0.593. The summed E-state index contributed by atoms with van der Waals surface area (Å²) in [6, 6.07) is 10.4. The number of hydrogen-bond donors (Lipinski definition) is 0. The van der Waals surface area contributed by atoms with Crippen LogP contribution in [-0.4, -0.2) is 31.4 Å². The Morgan fingerprint density at radius 2 is 1.68 bits per heavy atom. The van der Waals surface area contributed by atoms with E-state index in [1.807, 2.05) is 6.07 Å². The van der Waals surface area contributed by atoms with Crippen molar-refractivity contribution >= 4 is 11.5 Å². The lowest BCUT2D eigenvalue weighted by Crippen LogP contribution is -2.36. The number of hydrogen-bond acceptors (Lipinski definition) is 1. The van der Waals surface area contributed by atoms with Gasteiger partial charge in [-0.15, -0.1) is 0 Å². The maximum absolute atomic E-state index is 13.3. The number of Topliss-reactive ketones (excluding diaryl/α,β-unsaturated/α-hetero) is 1. The van der Waals surface area contributed by atoms with Crippen LogP contribution in [0.3, 0.4) is 0 Å². The van der Waals surface area contributed by atoms with Gasteiger partial charge in [0.2, 0.25) is 0 Å². The normalized spacial score (nSPS) is 32.5. The molecule has 0 saturated heterocycles. The van der Waals surface area contributed by atoms with Gasteiger partial charge in [0.1, 0.15) is 5.70 Å². The van der Waals surface area contributed by atoms with Crippen molar-refractivity contribution in [1.29, 1.82) is 0 Å². The fourth-order valence-corrected chi connectivity index (χ4v) is 4.64. The molecule has 1 aromatic carbocycles. The van der Waals surface area contributed by atoms with Crippen LogP contribution in [0.25, 0.3) is 5.70 Å². The monoisotopic (exact) mass is 298 g/mol. The van der Waals surface area contributed by atoms with Gasteiger partial charge in [-0.05, 0) is 36.3 Å². The second kappa shape index (κ2) is 4.55. The Labute approximate surface area is 134 Å². The lowest BCUT2D eigenvalue weighted by molar-refractivity contribution is -0.796. The van der Waals surface area contributed by atoms with Crippen molar-refractivity contribution < 1.29 is 9.28 Å². The van der Waals surface area contributed by atoms with Crippen LogP contribution in [0.15, 0.2) is 35.9 Å². The van der Waals surface area contributed by atoms with Gasteiger partial charge in [-0.2, -0.15) is 0 Å². The van der Waals surface area contributed by atoms with Gasteiger partial charge in [-0.3, -0.25) is 9.28 Å². The van der Waals surface area contributed by atoms with Crippen LogP contribution in [0.1, 0.15) is 39.2 Å². The van der Waals surface area contributed by atoms with Crippen molar-refractivity contribution in [2.75, 3.05) is 21.1 Å². The highest BCUT2D eigenvalue weighted by Gasteiger charge is 2.65. The number of benzene rings is 1. The molecule has 0 aliphatic heterocycles. The first-order valence-electron chi connectivity index (χ1n) is 8.27. The molecule has 0 heterocycles. The number of ketones is 1. The molecule has 0 N–H and O–H groups in total. The molecule has 2 bridgehead atoms. The van der Waals surface area contributed by atoms with E-state index in [9.17, 15) is 4.79 Å². The Morgan fingerprint density at radius 1 is 1.09 bits per heavy atom. The van der Waals surface area contributed by atoms with Crippen LogP contribution in [0.4, 0.5) is 0 Å². The third-order valence-corrected chi connectivity index (χ3v) is 6.29. The van der Waals surface area contributed by atoms with E-state index in [-0.39, 0.29) is 10.8 Å². The zero-order chi connectivity index (χ0) is 16.3. The minimum atomic E-state index is -0.192. The average molecular weight is 298 g/mol. The van der Waals surface area contributed by atoms with Crippen LogP contribution in [0.5, 0.6) is 0 Å². The highest BCUT2D eigenvalue weighted by atomic mass is 16.1. The SMILES string of the molecule is CC12CCC(C(=C(c3ccccc3)[N+](C)(C)C)C1=O)C2(C)C.